The second-order valence-electron chi connectivity index (χ2n) is 5.83. The van der Waals surface area contributed by atoms with Crippen molar-refractivity contribution in [3.8, 4) is 0 Å². The highest BCUT2D eigenvalue weighted by molar-refractivity contribution is 5.85. The molecule has 1 fully saturated rings. The van der Waals surface area contributed by atoms with Gasteiger partial charge in [0, 0.05) is 5.92 Å². The fourth-order valence-corrected chi connectivity index (χ4v) is 2.78. The summed E-state index contributed by atoms with van der Waals surface area (Å²) >= 11 is 0. The Morgan fingerprint density at radius 3 is 2.52 bits per heavy atom. The number of hydrogen-bond donors (Lipinski definition) is 1. The Morgan fingerprint density at radius 1 is 1.38 bits per heavy atom. The van der Waals surface area contributed by atoms with Crippen molar-refractivity contribution in [1.82, 2.24) is 4.98 Å². The predicted octanol–water partition coefficient (Wildman–Crippen LogP) is 4.33. The van der Waals surface area contributed by atoms with E-state index in [1.165, 1.54) is 0 Å². The third-order valence-electron chi connectivity index (χ3n) is 3.90. The molecule has 21 heavy (non-hydrogen) atoms. The van der Waals surface area contributed by atoms with E-state index in [0.29, 0.717) is 18.5 Å². The lowest BCUT2D eigenvalue weighted by atomic mass is 9.81. The van der Waals surface area contributed by atoms with Crippen LogP contribution in [0.4, 0.5) is 13.2 Å². The number of nitrogens with zero attached hydrogens (tertiary/aromatic N) is 1. The van der Waals surface area contributed by atoms with Crippen LogP contribution in [-0.2, 0) is 0 Å². The molecule has 2 unspecified atom stereocenters. The molecule has 1 heterocycles. The molecule has 0 aliphatic heterocycles. The normalized spacial score (nSPS) is 23.5. The van der Waals surface area contributed by atoms with E-state index in [9.17, 15) is 18.0 Å². The van der Waals surface area contributed by atoms with Gasteiger partial charge < -0.3 is 9.52 Å². The van der Waals surface area contributed by atoms with Crippen LogP contribution in [0.2, 0.25) is 0 Å². The number of carboxylic acid groups (broad SMARTS) is 1. The number of aromatic carboxylic acids is 1. The highest BCUT2D eigenvalue weighted by Crippen LogP contribution is 2.43. The van der Waals surface area contributed by atoms with Gasteiger partial charge in [0.1, 0.15) is 0 Å². The summed E-state index contributed by atoms with van der Waals surface area (Å²) < 4.78 is 43.7. The van der Waals surface area contributed by atoms with Crippen molar-refractivity contribution in [2.75, 3.05) is 0 Å². The maximum Gasteiger partial charge on any atom is 0.391 e. The van der Waals surface area contributed by atoms with Gasteiger partial charge in [0.05, 0.1) is 11.6 Å². The molecule has 0 aromatic carbocycles. The lowest BCUT2D eigenvalue weighted by Gasteiger charge is -2.28. The van der Waals surface area contributed by atoms with Crippen LogP contribution in [0.5, 0.6) is 0 Å². The summed E-state index contributed by atoms with van der Waals surface area (Å²) in [5, 5.41) is 9.09. The summed E-state index contributed by atoms with van der Waals surface area (Å²) in [7, 11) is 0. The van der Waals surface area contributed by atoms with E-state index in [2.05, 4.69) is 4.98 Å². The number of halogens is 3. The summed E-state index contributed by atoms with van der Waals surface area (Å²) in [5.74, 6) is -3.34. The summed E-state index contributed by atoms with van der Waals surface area (Å²) in [6, 6.07) is 0. The average Bonchev–Trinajstić information content (AvgIpc) is 2.83. The average molecular weight is 305 g/mol. The first-order valence-corrected chi connectivity index (χ1v) is 7.00. The van der Waals surface area contributed by atoms with E-state index in [4.69, 9.17) is 9.52 Å². The van der Waals surface area contributed by atoms with Crippen LogP contribution in [0.3, 0.4) is 0 Å². The molecule has 118 valence electrons. The highest BCUT2D eigenvalue weighted by Gasteiger charge is 2.43. The van der Waals surface area contributed by atoms with E-state index in [1.807, 2.05) is 0 Å². The standard InChI is InChI=1S/C14H18F3NO3/c1-7(2)10-11(13(19)20)21-12(18-10)8-4-3-5-9(6-8)14(15,16)17/h7-9H,3-6H2,1-2H3,(H,19,20). The van der Waals surface area contributed by atoms with Crippen LogP contribution < -0.4 is 0 Å². The minimum atomic E-state index is -4.22. The van der Waals surface area contributed by atoms with Gasteiger partial charge in [0.15, 0.2) is 5.89 Å². The van der Waals surface area contributed by atoms with Crippen LogP contribution in [-0.4, -0.2) is 22.2 Å². The van der Waals surface area contributed by atoms with Gasteiger partial charge >= 0.3 is 12.1 Å². The lowest BCUT2D eigenvalue weighted by molar-refractivity contribution is -0.183. The molecule has 0 radical (unpaired) electrons. The third-order valence-corrected chi connectivity index (χ3v) is 3.90. The van der Waals surface area contributed by atoms with Gasteiger partial charge in [-0.05, 0) is 25.2 Å². The number of aromatic nitrogens is 1. The van der Waals surface area contributed by atoms with Crippen molar-refractivity contribution in [1.29, 1.82) is 0 Å². The molecule has 0 spiro atoms. The maximum absolute atomic E-state index is 12.8. The minimum Gasteiger partial charge on any atom is -0.475 e. The van der Waals surface area contributed by atoms with E-state index in [-0.39, 0.29) is 30.4 Å². The zero-order valence-electron chi connectivity index (χ0n) is 11.9. The zero-order valence-corrected chi connectivity index (χ0v) is 11.9. The van der Waals surface area contributed by atoms with E-state index < -0.39 is 24.0 Å². The van der Waals surface area contributed by atoms with E-state index in [0.717, 1.165) is 0 Å². The molecule has 0 bridgehead atoms. The monoisotopic (exact) mass is 305 g/mol. The minimum absolute atomic E-state index is 0.0827. The molecule has 4 nitrogen and oxygen atoms in total. The van der Waals surface area contributed by atoms with Crippen molar-refractivity contribution in [3.63, 3.8) is 0 Å². The largest absolute Gasteiger partial charge is 0.475 e. The van der Waals surface area contributed by atoms with Crippen molar-refractivity contribution >= 4 is 5.97 Å². The Labute approximate surface area is 120 Å². The molecule has 2 atom stereocenters. The van der Waals surface area contributed by atoms with Gasteiger partial charge in [-0.1, -0.05) is 20.3 Å². The number of hydrogen-bond acceptors (Lipinski definition) is 3. The summed E-state index contributed by atoms with van der Waals surface area (Å²) in [6.45, 7) is 3.54. The topological polar surface area (TPSA) is 63.3 Å². The second-order valence-corrected chi connectivity index (χ2v) is 5.83. The third kappa shape index (κ3) is 3.39. The first-order chi connectivity index (χ1) is 9.70. The zero-order chi connectivity index (χ0) is 15.8. The Bertz CT molecular complexity index is 522. The molecule has 1 aromatic rings. The smallest absolute Gasteiger partial charge is 0.391 e. The second kappa shape index (κ2) is 5.69. The van der Waals surface area contributed by atoms with Crippen LogP contribution in [0, 0.1) is 5.92 Å². The van der Waals surface area contributed by atoms with Crippen molar-refractivity contribution < 1.29 is 27.5 Å². The van der Waals surface area contributed by atoms with Gasteiger partial charge in [-0.25, -0.2) is 9.78 Å². The number of rotatable bonds is 3. The van der Waals surface area contributed by atoms with Crippen LogP contribution in [0.25, 0.3) is 0 Å². The van der Waals surface area contributed by atoms with Gasteiger partial charge in [-0.2, -0.15) is 13.2 Å². The van der Waals surface area contributed by atoms with Gasteiger partial charge in [-0.15, -0.1) is 0 Å². The SMILES string of the molecule is CC(C)c1nc(C2CCCC(C(F)(F)F)C2)oc1C(=O)O. The summed E-state index contributed by atoms with van der Waals surface area (Å²) in [5.41, 5.74) is 0.298. The Kier molecular flexibility index (Phi) is 4.30. The first kappa shape index (κ1) is 15.9. The maximum atomic E-state index is 12.8. The van der Waals surface area contributed by atoms with Crippen LogP contribution in [0.1, 0.15) is 73.5 Å². The molecule has 1 aromatic heterocycles. The Morgan fingerprint density at radius 2 is 2.05 bits per heavy atom. The molecule has 0 saturated heterocycles. The molecule has 1 N–H and O–H groups in total. The first-order valence-electron chi connectivity index (χ1n) is 7.00. The van der Waals surface area contributed by atoms with Crippen LogP contribution >= 0.6 is 0 Å². The van der Waals surface area contributed by atoms with Gasteiger partial charge in [0.25, 0.3) is 0 Å². The van der Waals surface area contributed by atoms with Crippen molar-refractivity contribution in [2.45, 2.75) is 57.5 Å². The fraction of sp³-hybridized carbons (Fsp3) is 0.714. The molecule has 1 aliphatic carbocycles. The van der Waals surface area contributed by atoms with Gasteiger partial charge in [0.2, 0.25) is 5.76 Å². The summed E-state index contributed by atoms with van der Waals surface area (Å²) in [4.78, 5) is 15.3. The number of oxazole rings is 1. The van der Waals surface area contributed by atoms with Crippen molar-refractivity contribution in [3.05, 3.63) is 17.3 Å². The molecule has 1 saturated carbocycles. The van der Waals surface area contributed by atoms with Crippen molar-refractivity contribution in [2.24, 2.45) is 5.92 Å². The molecule has 2 rings (SSSR count). The fourth-order valence-electron chi connectivity index (χ4n) is 2.78. The quantitative estimate of drug-likeness (QED) is 0.902. The highest BCUT2D eigenvalue weighted by atomic mass is 19.4. The van der Waals surface area contributed by atoms with E-state index >= 15 is 0 Å². The van der Waals surface area contributed by atoms with E-state index in [1.54, 1.807) is 13.8 Å². The number of carbonyl (C=O) groups is 1. The molecular weight excluding hydrogens is 287 g/mol. The molecular formula is C14H18F3NO3. The molecule has 7 heteroatoms. The Balaban J connectivity index is 2.25. The number of alkyl halides is 3. The molecule has 0 amide bonds. The predicted molar refractivity (Wildman–Crippen MR) is 68.3 cm³/mol. The molecule has 1 aliphatic rings. The van der Waals surface area contributed by atoms with Gasteiger partial charge in [-0.3, -0.25) is 0 Å². The summed E-state index contributed by atoms with van der Waals surface area (Å²) in [6.07, 6.45) is -3.20. The Hall–Kier alpha value is -1.53. The lowest BCUT2D eigenvalue weighted by Crippen LogP contribution is -2.28. The van der Waals surface area contributed by atoms with Crippen LogP contribution in [0.15, 0.2) is 4.42 Å². The number of carboxylic acids is 1.